The van der Waals surface area contributed by atoms with Gasteiger partial charge < -0.3 is 4.74 Å². The lowest BCUT2D eigenvalue weighted by Gasteiger charge is -2.01. The lowest BCUT2D eigenvalue weighted by molar-refractivity contribution is -0.140. The fraction of sp³-hybridized carbons (Fsp3) is 0.700. The molecule has 0 spiro atoms. The van der Waals surface area contributed by atoms with Gasteiger partial charge in [0.2, 0.25) is 0 Å². The van der Waals surface area contributed by atoms with E-state index in [0.29, 0.717) is 0 Å². The average Bonchev–Trinajstić information content (AvgIpc) is 2.55. The molecular formula is C10H16O2. The van der Waals surface area contributed by atoms with Gasteiger partial charge in [0.25, 0.3) is 0 Å². The van der Waals surface area contributed by atoms with Gasteiger partial charge in [-0.15, -0.1) is 0 Å². The minimum absolute atomic E-state index is 0.0822. The van der Waals surface area contributed by atoms with Crippen molar-refractivity contribution in [2.45, 2.75) is 34.1 Å². The van der Waals surface area contributed by atoms with Gasteiger partial charge in [-0.2, -0.15) is 0 Å². The lowest BCUT2D eigenvalue weighted by Crippen LogP contribution is -2.07. The fourth-order valence-electron chi connectivity index (χ4n) is 1.13. The van der Waals surface area contributed by atoms with Crippen LogP contribution < -0.4 is 0 Å². The largest absolute Gasteiger partial charge is 0.434 e. The number of carbonyl (C=O) groups excluding carboxylic acids is 1. The maximum absolute atomic E-state index is 11.3. The van der Waals surface area contributed by atoms with Crippen molar-refractivity contribution in [3.63, 3.8) is 0 Å². The summed E-state index contributed by atoms with van der Waals surface area (Å²) in [5.74, 6) is 0.0364. The van der Waals surface area contributed by atoms with Gasteiger partial charge in [-0.1, -0.05) is 13.8 Å². The van der Waals surface area contributed by atoms with Crippen LogP contribution in [0.3, 0.4) is 0 Å². The standard InChI is InChI=1S/C10H16O2/c1-7(2)6-12-9(11)8-5-10(8,3)4/h6,8H,5H2,1-4H3. The van der Waals surface area contributed by atoms with Gasteiger partial charge in [-0.05, 0) is 31.3 Å². The smallest absolute Gasteiger partial charge is 0.314 e. The molecule has 0 aromatic rings. The Hall–Kier alpha value is -0.790. The van der Waals surface area contributed by atoms with Gasteiger partial charge in [0, 0.05) is 0 Å². The van der Waals surface area contributed by atoms with Gasteiger partial charge in [0.05, 0.1) is 12.2 Å². The van der Waals surface area contributed by atoms with Crippen molar-refractivity contribution in [2.24, 2.45) is 11.3 Å². The molecule has 2 heteroatoms. The van der Waals surface area contributed by atoms with Gasteiger partial charge in [-0.25, -0.2) is 0 Å². The predicted molar refractivity (Wildman–Crippen MR) is 47.4 cm³/mol. The molecule has 0 bridgehead atoms. The molecule has 2 nitrogen and oxygen atoms in total. The van der Waals surface area contributed by atoms with E-state index < -0.39 is 0 Å². The second-order valence-corrected chi connectivity index (χ2v) is 4.38. The third kappa shape index (κ3) is 2.10. The highest BCUT2D eigenvalue weighted by atomic mass is 16.5. The summed E-state index contributed by atoms with van der Waals surface area (Å²) in [5.41, 5.74) is 1.19. The van der Waals surface area contributed by atoms with E-state index in [0.717, 1.165) is 12.0 Å². The Bertz CT molecular complexity index is 222. The molecule has 68 valence electrons. The van der Waals surface area contributed by atoms with Gasteiger partial charge in [0.1, 0.15) is 0 Å². The highest BCUT2D eigenvalue weighted by molar-refractivity contribution is 5.77. The van der Waals surface area contributed by atoms with Gasteiger partial charge >= 0.3 is 5.97 Å². The monoisotopic (exact) mass is 168 g/mol. The maximum Gasteiger partial charge on any atom is 0.314 e. The van der Waals surface area contributed by atoms with Crippen LogP contribution in [0.1, 0.15) is 34.1 Å². The molecular weight excluding hydrogens is 152 g/mol. The van der Waals surface area contributed by atoms with E-state index >= 15 is 0 Å². The van der Waals surface area contributed by atoms with Crippen molar-refractivity contribution in [3.05, 3.63) is 11.8 Å². The van der Waals surface area contributed by atoms with Crippen LogP contribution in [0.4, 0.5) is 0 Å². The number of esters is 1. The third-order valence-electron chi connectivity index (χ3n) is 2.21. The molecule has 0 N–H and O–H groups in total. The summed E-state index contributed by atoms with van der Waals surface area (Å²) in [6, 6.07) is 0. The van der Waals surface area contributed by atoms with Crippen LogP contribution in [0.15, 0.2) is 11.8 Å². The first-order chi connectivity index (χ1) is 5.43. The Morgan fingerprint density at radius 1 is 1.50 bits per heavy atom. The first kappa shape index (κ1) is 9.30. The SMILES string of the molecule is CC(C)=COC(=O)C1CC1(C)C. The molecule has 1 rings (SSSR count). The predicted octanol–water partition coefficient (Wildman–Crippen LogP) is 2.50. The molecule has 0 saturated heterocycles. The molecule has 0 aromatic carbocycles. The number of hydrogen-bond acceptors (Lipinski definition) is 2. The Morgan fingerprint density at radius 2 is 2.00 bits per heavy atom. The van der Waals surface area contributed by atoms with Gasteiger partial charge in [-0.3, -0.25) is 4.79 Å². The molecule has 1 unspecified atom stereocenters. The number of carbonyl (C=O) groups is 1. The van der Waals surface area contributed by atoms with E-state index in [1.807, 2.05) is 13.8 Å². The second-order valence-electron chi connectivity index (χ2n) is 4.38. The minimum Gasteiger partial charge on any atom is -0.434 e. The van der Waals surface area contributed by atoms with Crippen molar-refractivity contribution >= 4 is 5.97 Å². The normalized spacial score (nSPS) is 24.5. The molecule has 1 aliphatic carbocycles. The zero-order valence-corrected chi connectivity index (χ0v) is 8.18. The number of allylic oxidation sites excluding steroid dienone is 1. The highest BCUT2D eigenvalue weighted by Gasteiger charge is 2.51. The van der Waals surface area contributed by atoms with E-state index in [9.17, 15) is 4.79 Å². The molecule has 0 aromatic heterocycles. The van der Waals surface area contributed by atoms with Crippen molar-refractivity contribution in [3.8, 4) is 0 Å². The van der Waals surface area contributed by atoms with Crippen LogP contribution in [0.5, 0.6) is 0 Å². The molecule has 0 aliphatic heterocycles. The Balaban J connectivity index is 2.37. The molecule has 1 atom stereocenters. The van der Waals surface area contributed by atoms with E-state index in [2.05, 4.69) is 13.8 Å². The summed E-state index contributed by atoms with van der Waals surface area (Å²) in [7, 11) is 0. The maximum atomic E-state index is 11.3. The molecule has 0 radical (unpaired) electrons. The summed E-state index contributed by atoms with van der Waals surface area (Å²) >= 11 is 0. The Kier molecular flexibility index (Phi) is 2.27. The number of rotatable bonds is 2. The quantitative estimate of drug-likeness (QED) is 0.467. The average molecular weight is 168 g/mol. The van der Waals surface area contributed by atoms with Crippen LogP contribution in [0.2, 0.25) is 0 Å². The van der Waals surface area contributed by atoms with Gasteiger partial charge in [0.15, 0.2) is 0 Å². The van der Waals surface area contributed by atoms with Crippen molar-refractivity contribution < 1.29 is 9.53 Å². The number of ether oxygens (including phenoxy) is 1. The zero-order valence-electron chi connectivity index (χ0n) is 8.18. The summed E-state index contributed by atoms with van der Waals surface area (Å²) in [6.07, 6.45) is 2.49. The van der Waals surface area contributed by atoms with Crippen molar-refractivity contribution in [1.82, 2.24) is 0 Å². The second kappa shape index (κ2) is 2.92. The molecule has 0 heterocycles. The van der Waals surface area contributed by atoms with Crippen LogP contribution in [-0.2, 0) is 9.53 Å². The molecule has 12 heavy (non-hydrogen) atoms. The lowest BCUT2D eigenvalue weighted by atomic mass is 10.1. The summed E-state index contributed by atoms with van der Waals surface area (Å²) in [5, 5.41) is 0. The zero-order chi connectivity index (χ0) is 9.35. The first-order valence-electron chi connectivity index (χ1n) is 4.27. The van der Waals surface area contributed by atoms with Crippen molar-refractivity contribution in [2.75, 3.05) is 0 Å². The molecule has 0 amide bonds. The van der Waals surface area contributed by atoms with Crippen molar-refractivity contribution in [1.29, 1.82) is 0 Å². The van der Waals surface area contributed by atoms with E-state index in [4.69, 9.17) is 4.74 Å². The molecule has 1 aliphatic rings. The molecule has 1 saturated carbocycles. The van der Waals surface area contributed by atoms with Crippen LogP contribution in [0, 0.1) is 11.3 Å². The van der Waals surface area contributed by atoms with Crippen LogP contribution in [0.25, 0.3) is 0 Å². The van der Waals surface area contributed by atoms with Crippen LogP contribution >= 0.6 is 0 Å². The summed E-state index contributed by atoms with van der Waals surface area (Å²) in [4.78, 5) is 11.3. The summed E-state index contributed by atoms with van der Waals surface area (Å²) < 4.78 is 4.96. The topological polar surface area (TPSA) is 26.3 Å². The summed E-state index contributed by atoms with van der Waals surface area (Å²) in [6.45, 7) is 7.99. The van der Waals surface area contributed by atoms with E-state index in [1.165, 1.54) is 6.26 Å². The van der Waals surface area contributed by atoms with E-state index in [-0.39, 0.29) is 17.3 Å². The van der Waals surface area contributed by atoms with E-state index in [1.54, 1.807) is 0 Å². The Morgan fingerprint density at radius 3 is 2.33 bits per heavy atom. The third-order valence-corrected chi connectivity index (χ3v) is 2.21. The highest BCUT2D eigenvalue weighted by Crippen LogP contribution is 2.52. The molecule has 1 fully saturated rings. The fourth-order valence-corrected chi connectivity index (χ4v) is 1.13. The van der Waals surface area contributed by atoms with Crippen LogP contribution in [-0.4, -0.2) is 5.97 Å². The first-order valence-corrected chi connectivity index (χ1v) is 4.27. The minimum atomic E-state index is -0.0822. The number of hydrogen-bond donors (Lipinski definition) is 0. The Labute approximate surface area is 73.6 Å².